The lowest BCUT2D eigenvalue weighted by molar-refractivity contribution is 0.0653. The Morgan fingerprint density at radius 3 is 2.64 bits per heavy atom. The number of likely N-dealkylation sites (N-methyl/N-ethyl adjacent to an activating group) is 1. The molecule has 0 atom stereocenters. The van der Waals surface area contributed by atoms with Gasteiger partial charge in [0.25, 0.3) is 11.8 Å². The molecule has 1 aromatic heterocycles. The van der Waals surface area contributed by atoms with E-state index >= 15 is 0 Å². The molecule has 4 amide bonds. The van der Waals surface area contributed by atoms with Crippen molar-refractivity contribution in [3.05, 3.63) is 46.0 Å². The maximum atomic E-state index is 12.3. The minimum atomic E-state index is -0.332. The Kier molecular flexibility index (Phi) is 5.10. The number of hydrogen-bond acceptors (Lipinski definition) is 6. The fraction of sp³-hybridized carbons (Fsp3) is 0.368. The van der Waals surface area contributed by atoms with Gasteiger partial charge in [-0.25, -0.2) is 9.78 Å². The molecule has 0 saturated carbocycles. The summed E-state index contributed by atoms with van der Waals surface area (Å²) in [6.07, 6.45) is 1.38. The van der Waals surface area contributed by atoms with Crippen LogP contribution >= 0.6 is 11.3 Å². The van der Waals surface area contributed by atoms with E-state index in [0.717, 1.165) is 25.2 Å². The van der Waals surface area contributed by atoms with E-state index in [4.69, 9.17) is 0 Å². The zero-order valence-electron chi connectivity index (χ0n) is 15.5. The third-order valence-electron chi connectivity index (χ3n) is 4.86. The molecular weight excluding hydrogens is 378 g/mol. The van der Waals surface area contributed by atoms with Crippen molar-refractivity contribution in [2.75, 3.05) is 32.0 Å². The molecule has 0 radical (unpaired) electrons. The number of urea groups is 1. The van der Waals surface area contributed by atoms with Gasteiger partial charge in [0.05, 0.1) is 16.8 Å². The van der Waals surface area contributed by atoms with Gasteiger partial charge >= 0.3 is 6.03 Å². The van der Waals surface area contributed by atoms with Crippen molar-refractivity contribution >= 4 is 34.3 Å². The van der Waals surface area contributed by atoms with Gasteiger partial charge in [-0.2, -0.15) is 0 Å². The molecule has 3 heterocycles. The molecule has 2 aliphatic heterocycles. The predicted octanol–water partition coefficient (Wildman–Crippen LogP) is 1.94. The van der Waals surface area contributed by atoms with E-state index in [1.807, 2.05) is 0 Å². The first-order valence-electron chi connectivity index (χ1n) is 9.20. The Bertz CT molecular complexity index is 906. The highest BCUT2D eigenvalue weighted by molar-refractivity contribution is 7.15. The van der Waals surface area contributed by atoms with Crippen LogP contribution in [0.15, 0.2) is 24.3 Å². The average molecular weight is 399 g/mol. The number of aromatic nitrogens is 1. The second kappa shape index (κ2) is 7.69. The summed E-state index contributed by atoms with van der Waals surface area (Å²) in [4.78, 5) is 45.8. The number of carbonyl (C=O) groups excluding carboxylic acids is 3. The molecule has 8 nitrogen and oxygen atoms in total. The lowest BCUT2D eigenvalue weighted by Crippen LogP contribution is -2.35. The first-order valence-corrected chi connectivity index (χ1v) is 10.0. The maximum Gasteiger partial charge on any atom is 0.321 e. The Hall–Kier alpha value is -2.78. The highest BCUT2D eigenvalue weighted by Gasteiger charge is 2.34. The van der Waals surface area contributed by atoms with Crippen molar-refractivity contribution in [2.24, 2.45) is 0 Å². The Balaban J connectivity index is 1.23. The van der Waals surface area contributed by atoms with E-state index in [9.17, 15) is 14.4 Å². The second-order valence-corrected chi connectivity index (χ2v) is 8.00. The molecule has 2 aromatic rings. The van der Waals surface area contributed by atoms with Gasteiger partial charge in [-0.1, -0.05) is 12.1 Å². The van der Waals surface area contributed by atoms with Crippen molar-refractivity contribution in [3.63, 3.8) is 0 Å². The zero-order valence-corrected chi connectivity index (χ0v) is 16.3. The van der Waals surface area contributed by atoms with Gasteiger partial charge in [-0.15, -0.1) is 11.3 Å². The lowest BCUT2D eigenvalue weighted by Gasteiger charge is -2.20. The number of thiazole rings is 1. The van der Waals surface area contributed by atoms with E-state index in [2.05, 4.69) is 27.6 Å². The SMILES string of the molecule is CN1CCc2nc(NC(=O)NCCCN3C(=O)c4ccccc4C3=O)sc2C1. The van der Waals surface area contributed by atoms with Crippen LogP contribution in [-0.4, -0.2) is 59.3 Å². The summed E-state index contributed by atoms with van der Waals surface area (Å²) in [5, 5.41) is 6.11. The third kappa shape index (κ3) is 3.63. The van der Waals surface area contributed by atoms with Gasteiger partial charge in [0.2, 0.25) is 0 Å². The van der Waals surface area contributed by atoms with Gasteiger partial charge in [0, 0.05) is 37.5 Å². The maximum absolute atomic E-state index is 12.3. The summed E-state index contributed by atoms with van der Waals surface area (Å²) in [7, 11) is 2.07. The van der Waals surface area contributed by atoms with Crippen LogP contribution in [-0.2, 0) is 13.0 Å². The van der Waals surface area contributed by atoms with E-state index < -0.39 is 0 Å². The van der Waals surface area contributed by atoms with Crippen LogP contribution in [0.1, 0.15) is 37.7 Å². The Labute approximate surface area is 166 Å². The number of anilines is 1. The number of amides is 4. The lowest BCUT2D eigenvalue weighted by atomic mass is 10.1. The summed E-state index contributed by atoms with van der Waals surface area (Å²) >= 11 is 1.50. The topological polar surface area (TPSA) is 94.6 Å². The van der Waals surface area contributed by atoms with E-state index in [-0.39, 0.29) is 24.4 Å². The fourth-order valence-corrected chi connectivity index (χ4v) is 4.48. The van der Waals surface area contributed by atoms with Crippen molar-refractivity contribution in [2.45, 2.75) is 19.4 Å². The Morgan fingerprint density at radius 2 is 1.93 bits per heavy atom. The summed E-state index contributed by atoms with van der Waals surface area (Å²) in [5.74, 6) is -0.549. The number of benzene rings is 1. The molecule has 4 rings (SSSR count). The minimum absolute atomic E-state index is 0.268. The molecule has 2 aliphatic rings. The number of carbonyl (C=O) groups is 3. The molecule has 0 unspecified atom stereocenters. The van der Waals surface area contributed by atoms with Gasteiger partial charge in [0.15, 0.2) is 5.13 Å². The number of nitrogens with one attached hydrogen (secondary N) is 2. The van der Waals surface area contributed by atoms with Crippen LogP contribution in [0.4, 0.5) is 9.93 Å². The summed E-state index contributed by atoms with van der Waals surface area (Å²) < 4.78 is 0. The number of nitrogens with zero attached hydrogens (tertiary/aromatic N) is 3. The van der Waals surface area contributed by atoms with Crippen molar-refractivity contribution in [1.82, 2.24) is 20.1 Å². The van der Waals surface area contributed by atoms with Crippen LogP contribution in [0, 0.1) is 0 Å². The third-order valence-corrected chi connectivity index (χ3v) is 5.86. The molecule has 0 saturated heterocycles. The van der Waals surface area contributed by atoms with Crippen LogP contribution in [0.25, 0.3) is 0 Å². The molecular formula is C19H21N5O3S. The highest BCUT2D eigenvalue weighted by Crippen LogP contribution is 2.27. The zero-order chi connectivity index (χ0) is 19.7. The first-order chi connectivity index (χ1) is 13.5. The summed E-state index contributed by atoms with van der Waals surface area (Å²) in [6, 6.07) is 6.47. The molecule has 2 N–H and O–H groups in total. The fourth-order valence-electron chi connectivity index (χ4n) is 3.40. The van der Waals surface area contributed by atoms with Gasteiger partial charge in [-0.05, 0) is 25.6 Å². The minimum Gasteiger partial charge on any atom is -0.338 e. The molecule has 28 heavy (non-hydrogen) atoms. The Morgan fingerprint density at radius 1 is 1.21 bits per heavy atom. The molecule has 0 spiro atoms. The largest absolute Gasteiger partial charge is 0.338 e. The van der Waals surface area contributed by atoms with Crippen molar-refractivity contribution in [1.29, 1.82) is 0 Å². The van der Waals surface area contributed by atoms with Gasteiger partial charge < -0.3 is 10.2 Å². The molecule has 9 heteroatoms. The van der Waals surface area contributed by atoms with Crippen molar-refractivity contribution < 1.29 is 14.4 Å². The highest BCUT2D eigenvalue weighted by atomic mass is 32.1. The van der Waals surface area contributed by atoms with E-state index in [1.165, 1.54) is 21.1 Å². The molecule has 0 bridgehead atoms. The predicted molar refractivity (Wildman–Crippen MR) is 106 cm³/mol. The number of imide groups is 1. The standard InChI is InChI=1S/C19H21N5O3S/c1-23-10-7-14-15(11-23)28-19(21-14)22-18(27)20-8-4-9-24-16(25)12-5-2-3-6-13(12)17(24)26/h2-3,5-6H,4,7-11H2,1H3,(H2,20,21,22,27). The molecule has 146 valence electrons. The van der Waals surface area contributed by atoms with Crippen LogP contribution in [0.2, 0.25) is 0 Å². The number of hydrogen-bond donors (Lipinski definition) is 2. The van der Waals surface area contributed by atoms with Crippen molar-refractivity contribution in [3.8, 4) is 0 Å². The normalized spacial score (nSPS) is 16.1. The summed E-state index contributed by atoms with van der Waals surface area (Å²) in [5.41, 5.74) is 1.94. The summed E-state index contributed by atoms with van der Waals surface area (Å²) in [6.45, 7) is 2.45. The number of fused-ring (bicyclic) bond motifs is 2. The van der Waals surface area contributed by atoms with Crippen LogP contribution in [0.5, 0.6) is 0 Å². The smallest absolute Gasteiger partial charge is 0.321 e. The van der Waals surface area contributed by atoms with Crippen LogP contribution in [0.3, 0.4) is 0 Å². The van der Waals surface area contributed by atoms with E-state index in [0.29, 0.717) is 29.2 Å². The van der Waals surface area contributed by atoms with Gasteiger partial charge in [-0.3, -0.25) is 19.8 Å². The first kappa shape index (κ1) is 18.6. The quantitative estimate of drug-likeness (QED) is 0.592. The van der Waals surface area contributed by atoms with Gasteiger partial charge in [0.1, 0.15) is 0 Å². The molecule has 0 fully saturated rings. The second-order valence-electron chi connectivity index (χ2n) is 6.92. The number of rotatable bonds is 5. The monoisotopic (exact) mass is 399 g/mol. The molecule has 1 aromatic carbocycles. The van der Waals surface area contributed by atoms with Crippen LogP contribution < -0.4 is 10.6 Å². The van der Waals surface area contributed by atoms with E-state index in [1.54, 1.807) is 24.3 Å². The average Bonchev–Trinajstić information content (AvgIpc) is 3.18. The molecule has 0 aliphatic carbocycles.